The number of hydrogen-bond acceptors (Lipinski definition) is 3. The second-order valence-electron chi connectivity index (χ2n) is 2.16. The third-order valence-electron chi connectivity index (χ3n) is 1.37. The van der Waals surface area contributed by atoms with Crippen LogP contribution in [0.5, 0.6) is 0 Å². The van der Waals surface area contributed by atoms with E-state index in [0.717, 1.165) is 12.4 Å². The molecule has 0 saturated heterocycles. The summed E-state index contributed by atoms with van der Waals surface area (Å²) in [4.78, 5) is 13.2. The van der Waals surface area contributed by atoms with Crippen molar-refractivity contribution in [3.05, 3.63) is 12.3 Å². The van der Waals surface area contributed by atoms with Crippen LogP contribution in [0, 0.1) is 0 Å². The van der Waals surface area contributed by atoms with Crippen LogP contribution in [0.4, 0.5) is 13.2 Å². The van der Waals surface area contributed by atoms with Gasteiger partial charge in [0.25, 0.3) is 5.66 Å². The smallest absolute Gasteiger partial charge is 0.354 e. The van der Waals surface area contributed by atoms with Gasteiger partial charge in [-0.2, -0.15) is 13.2 Å². The maximum Gasteiger partial charge on any atom is 0.439 e. The number of nitrogens with zero attached hydrogens (tertiary/aromatic N) is 1. The summed E-state index contributed by atoms with van der Waals surface area (Å²) in [6.45, 7) is 0. The summed E-state index contributed by atoms with van der Waals surface area (Å²) in [7, 11) is 0. The maximum atomic E-state index is 12.2. The molecule has 0 radical (unpaired) electrons. The van der Waals surface area contributed by atoms with E-state index in [2.05, 4.69) is 4.99 Å². The van der Waals surface area contributed by atoms with Gasteiger partial charge in [0.05, 0.1) is 0 Å². The average Bonchev–Trinajstić information content (AvgIpc) is 2.04. The van der Waals surface area contributed by atoms with Gasteiger partial charge >= 0.3 is 6.18 Å². The number of carbonyl (C=O) groups excluding carboxylic acids is 1. The minimum Gasteiger partial charge on any atom is -0.354 e. The summed E-state index contributed by atoms with van der Waals surface area (Å²) in [5.41, 5.74) is -2.79. The average molecular weight is 178 g/mol. The van der Waals surface area contributed by atoms with Crippen LogP contribution in [0.3, 0.4) is 0 Å². The monoisotopic (exact) mass is 178 g/mol. The molecule has 1 N–H and O–H groups in total. The summed E-state index contributed by atoms with van der Waals surface area (Å²) in [6.07, 6.45) is -1.76. The molecule has 0 saturated carbocycles. The highest BCUT2D eigenvalue weighted by Gasteiger charge is 2.55. The van der Waals surface area contributed by atoms with E-state index >= 15 is 0 Å². The molecule has 3 nitrogen and oxygen atoms in total. The first-order chi connectivity index (χ1) is 5.52. The molecule has 6 heteroatoms. The number of halogens is 3. The Kier molecular flexibility index (Phi) is 1.91. The van der Waals surface area contributed by atoms with E-state index in [1.54, 1.807) is 0 Å². The standard InChI is InChI=1S/C6H5F3N2O/c7-6(8,9)5(4-12)10-2-1-3-11-5/h1-4,10H. The van der Waals surface area contributed by atoms with Crippen LogP contribution in [-0.2, 0) is 4.79 Å². The van der Waals surface area contributed by atoms with Crippen LogP contribution in [0.15, 0.2) is 17.3 Å². The molecule has 1 aliphatic heterocycles. The fourth-order valence-corrected chi connectivity index (χ4v) is 0.702. The van der Waals surface area contributed by atoms with Crippen molar-refractivity contribution in [2.45, 2.75) is 11.8 Å². The summed E-state index contributed by atoms with van der Waals surface area (Å²) < 4.78 is 36.5. The van der Waals surface area contributed by atoms with E-state index in [-0.39, 0.29) is 6.29 Å². The molecule has 1 heterocycles. The molecule has 0 fully saturated rings. The lowest BCUT2D eigenvalue weighted by Gasteiger charge is -2.27. The lowest BCUT2D eigenvalue weighted by Crippen LogP contribution is -2.55. The minimum atomic E-state index is -4.71. The largest absolute Gasteiger partial charge is 0.439 e. The fourth-order valence-electron chi connectivity index (χ4n) is 0.702. The Hall–Kier alpha value is -1.33. The molecule has 1 atom stereocenters. The number of carbonyl (C=O) groups is 1. The normalized spacial score (nSPS) is 28.2. The highest BCUT2D eigenvalue weighted by atomic mass is 19.4. The SMILES string of the molecule is O=CC1(C(F)(F)F)N=CC=CN1. The van der Waals surface area contributed by atoms with Crippen LogP contribution in [-0.4, -0.2) is 24.3 Å². The predicted molar refractivity (Wildman–Crippen MR) is 35.6 cm³/mol. The van der Waals surface area contributed by atoms with Gasteiger partial charge in [-0.25, -0.2) is 4.99 Å². The molecule has 0 aromatic heterocycles. The van der Waals surface area contributed by atoms with Gasteiger partial charge < -0.3 is 5.32 Å². The van der Waals surface area contributed by atoms with E-state index in [9.17, 15) is 18.0 Å². The van der Waals surface area contributed by atoms with Crippen molar-refractivity contribution >= 4 is 12.5 Å². The summed E-state index contributed by atoms with van der Waals surface area (Å²) in [5.74, 6) is 0. The molecule has 0 aromatic rings. The molecular weight excluding hydrogens is 173 g/mol. The number of aldehydes is 1. The van der Waals surface area contributed by atoms with Gasteiger partial charge in [-0.15, -0.1) is 0 Å². The molecule has 1 aliphatic rings. The Morgan fingerprint density at radius 3 is 2.42 bits per heavy atom. The molecule has 0 aromatic carbocycles. The quantitative estimate of drug-likeness (QED) is 0.598. The van der Waals surface area contributed by atoms with Crippen molar-refractivity contribution in [3.8, 4) is 0 Å². The number of hydrogen-bond donors (Lipinski definition) is 1. The predicted octanol–water partition coefficient (Wildman–Crippen LogP) is 0.632. The zero-order valence-corrected chi connectivity index (χ0v) is 5.80. The molecule has 1 rings (SSSR count). The highest BCUT2D eigenvalue weighted by molar-refractivity contribution is 5.78. The van der Waals surface area contributed by atoms with Gasteiger partial charge in [-0.1, -0.05) is 0 Å². The molecule has 1 unspecified atom stereocenters. The Morgan fingerprint density at radius 2 is 2.17 bits per heavy atom. The summed E-state index contributed by atoms with van der Waals surface area (Å²) >= 11 is 0. The second kappa shape index (κ2) is 2.62. The third-order valence-corrected chi connectivity index (χ3v) is 1.37. The minimum absolute atomic E-state index is 0.271. The zero-order valence-electron chi connectivity index (χ0n) is 5.80. The number of alkyl halides is 3. The fraction of sp³-hybridized carbons (Fsp3) is 0.333. The van der Waals surface area contributed by atoms with Gasteiger partial charge in [-0.3, -0.25) is 4.79 Å². The Balaban J connectivity index is 2.99. The Bertz CT molecular complexity index is 246. The van der Waals surface area contributed by atoms with Gasteiger partial charge in [0, 0.05) is 12.4 Å². The van der Waals surface area contributed by atoms with Crippen molar-refractivity contribution in [2.24, 2.45) is 4.99 Å². The first kappa shape index (κ1) is 8.76. The van der Waals surface area contributed by atoms with Crippen molar-refractivity contribution in [1.82, 2.24) is 5.32 Å². The van der Waals surface area contributed by atoms with Crippen molar-refractivity contribution in [3.63, 3.8) is 0 Å². The van der Waals surface area contributed by atoms with Crippen LogP contribution in [0.25, 0.3) is 0 Å². The van der Waals surface area contributed by atoms with Crippen LogP contribution < -0.4 is 5.32 Å². The lowest BCUT2D eigenvalue weighted by atomic mass is 10.2. The highest BCUT2D eigenvalue weighted by Crippen LogP contribution is 2.30. The Labute approximate surface area is 66.0 Å². The van der Waals surface area contributed by atoms with Crippen molar-refractivity contribution in [2.75, 3.05) is 0 Å². The molecule has 0 bridgehead atoms. The summed E-state index contributed by atoms with van der Waals surface area (Å²) in [6, 6.07) is 0. The first-order valence-corrected chi connectivity index (χ1v) is 3.03. The summed E-state index contributed by atoms with van der Waals surface area (Å²) in [5, 5.41) is 1.85. The number of aliphatic imine (C=N–C) groups is 1. The van der Waals surface area contributed by atoms with Gasteiger partial charge in [-0.05, 0) is 6.08 Å². The molecule has 0 spiro atoms. The van der Waals surface area contributed by atoms with Crippen molar-refractivity contribution in [1.29, 1.82) is 0 Å². The van der Waals surface area contributed by atoms with E-state index in [4.69, 9.17) is 0 Å². The topological polar surface area (TPSA) is 41.5 Å². The second-order valence-corrected chi connectivity index (χ2v) is 2.16. The lowest BCUT2D eigenvalue weighted by molar-refractivity contribution is -0.187. The van der Waals surface area contributed by atoms with E-state index in [1.165, 1.54) is 6.08 Å². The number of rotatable bonds is 1. The maximum absolute atomic E-state index is 12.2. The van der Waals surface area contributed by atoms with Crippen LogP contribution in [0.1, 0.15) is 0 Å². The number of nitrogens with one attached hydrogen (secondary N) is 1. The van der Waals surface area contributed by atoms with Crippen molar-refractivity contribution < 1.29 is 18.0 Å². The molecule has 0 aliphatic carbocycles. The third kappa shape index (κ3) is 1.19. The van der Waals surface area contributed by atoms with E-state index in [1.807, 2.05) is 5.32 Å². The molecule has 0 amide bonds. The van der Waals surface area contributed by atoms with Gasteiger partial charge in [0.2, 0.25) is 0 Å². The van der Waals surface area contributed by atoms with Crippen LogP contribution >= 0.6 is 0 Å². The Morgan fingerprint density at radius 1 is 1.50 bits per heavy atom. The number of allylic oxidation sites excluding steroid dienone is 1. The van der Waals surface area contributed by atoms with Gasteiger partial charge in [0.1, 0.15) is 0 Å². The first-order valence-electron chi connectivity index (χ1n) is 3.03. The van der Waals surface area contributed by atoms with E-state index in [0.29, 0.717) is 0 Å². The van der Waals surface area contributed by atoms with Gasteiger partial charge in [0.15, 0.2) is 6.29 Å². The molecule has 66 valence electrons. The zero-order chi connectivity index (χ0) is 9.24. The van der Waals surface area contributed by atoms with Crippen LogP contribution in [0.2, 0.25) is 0 Å². The van der Waals surface area contributed by atoms with E-state index < -0.39 is 11.8 Å². The molecular formula is C6H5F3N2O. The molecule has 12 heavy (non-hydrogen) atoms.